The van der Waals surface area contributed by atoms with E-state index in [0.717, 1.165) is 5.56 Å². The normalized spacial score (nSPS) is 10.4. The molecule has 2 rings (SSSR count). The van der Waals surface area contributed by atoms with Gasteiger partial charge in [-0.05, 0) is 17.7 Å². The first-order valence-corrected chi connectivity index (χ1v) is 5.82. The first-order chi connectivity index (χ1) is 8.84. The Morgan fingerprint density at radius 2 is 1.56 bits per heavy atom. The third-order valence-corrected chi connectivity index (χ3v) is 2.37. The number of hydrogen-bond donors (Lipinski definition) is 0. The highest BCUT2D eigenvalue weighted by Gasteiger charge is 2.00. The molecule has 0 saturated heterocycles. The van der Waals surface area contributed by atoms with E-state index >= 15 is 0 Å². The van der Waals surface area contributed by atoms with Crippen LogP contribution in [0.1, 0.15) is 12.0 Å². The molecule has 0 amide bonds. The number of benzene rings is 2. The molecule has 90 valence electrons. The van der Waals surface area contributed by atoms with Crippen LogP contribution in [0.5, 0.6) is 5.75 Å². The average molecular weight is 238 g/mol. The van der Waals surface area contributed by atoms with E-state index < -0.39 is 0 Å². The number of rotatable bonds is 4. The third-order valence-electron chi connectivity index (χ3n) is 2.37. The zero-order chi connectivity index (χ0) is 12.6. The smallest absolute Gasteiger partial charge is 0.315 e. The van der Waals surface area contributed by atoms with Crippen molar-refractivity contribution in [1.29, 1.82) is 0 Å². The summed E-state index contributed by atoms with van der Waals surface area (Å²) in [6, 6.07) is 18.9. The maximum absolute atomic E-state index is 11.5. The van der Waals surface area contributed by atoms with Gasteiger partial charge in [-0.15, -0.1) is 0 Å². The molecule has 18 heavy (non-hydrogen) atoms. The molecule has 0 bridgehead atoms. The monoisotopic (exact) mass is 238 g/mol. The molecular weight excluding hydrogens is 224 g/mol. The van der Waals surface area contributed by atoms with Gasteiger partial charge in [-0.3, -0.25) is 4.79 Å². The van der Waals surface area contributed by atoms with E-state index in [9.17, 15) is 4.79 Å². The Labute approximate surface area is 107 Å². The summed E-state index contributed by atoms with van der Waals surface area (Å²) in [5, 5.41) is 0. The van der Waals surface area contributed by atoms with Crippen LogP contribution in [0.2, 0.25) is 0 Å². The Balaban J connectivity index is 1.84. The standard InChI is InChI=1S/C16H14O2/c17-16(18-15-11-5-2-6-12-15)13-7-10-14-8-3-1-4-9-14/h1-12H,13H2. The Bertz CT molecular complexity index is 515. The largest absolute Gasteiger partial charge is 0.426 e. The fraction of sp³-hybridized carbons (Fsp3) is 0.0625. The van der Waals surface area contributed by atoms with Crippen LogP contribution in [0, 0.1) is 0 Å². The van der Waals surface area contributed by atoms with Crippen LogP contribution in [-0.2, 0) is 4.79 Å². The SMILES string of the molecule is O=C(CC=Cc1ccccc1)Oc1ccccc1. The molecule has 2 heteroatoms. The van der Waals surface area contributed by atoms with E-state index in [2.05, 4.69) is 0 Å². The fourth-order valence-electron chi connectivity index (χ4n) is 1.52. The van der Waals surface area contributed by atoms with Gasteiger partial charge in [0.15, 0.2) is 0 Å². The summed E-state index contributed by atoms with van der Waals surface area (Å²) in [7, 11) is 0. The van der Waals surface area contributed by atoms with Gasteiger partial charge in [0.25, 0.3) is 0 Å². The fourth-order valence-corrected chi connectivity index (χ4v) is 1.52. The number of para-hydroxylation sites is 1. The highest BCUT2D eigenvalue weighted by Crippen LogP contribution is 2.09. The lowest BCUT2D eigenvalue weighted by atomic mass is 10.2. The zero-order valence-electron chi connectivity index (χ0n) is 9.95. The molecule has 2 aromatic carbocycles. The number of carbonyl (C=O) groups is 1. The summed E-state index contributed by atoms with van der Waals surface area (Å²) in [6.45, 7) is 0. The van der Waals surface area contributed by atoms with Crippen molar-refractivity contribution in [1.82, 2.24) is 0 Å². The quantitative estimate of drug-likeness (QED) is 0.599. The molecule has 0 fully saturated rings. The van der Waals surface area contributed by atoms with Crippen molar-refractivity contribution < 1.29 is 9.53 Å². The van der Waals surface area contributed by atoms with Gasteiger partial charge in [0, 0.05) is 0 Å². The predicted octanol–water partition coefficient (Wildman–Crippen LogP) is 3.70. The summed E-state index contributed by atoms with van der Waals surface area (Å²) in [6.07, 6.45) is 3.98. The van der Waals surface area contributed by atoms with Gasteiger partial charge in [-0.1, -0.05) is 60.7 Å². The third kappa shape index (κ3) is 3.91. The lowest BCUT2D eigenvalue weighted by Crippen LogP contribution is -2.05. The van der Waals surface area contributed by atoms with Crippen LogP contribution < -0.4 is 4.74 Å². The maximum atomic E-state index is 11.5. The average Bonchev–Trinajstić information content (AvgIpc) is 2.41. The van der Waals surface area contributed by atoms with Gasteiger partial charge in [0.1, 0.15) is 5.75 Å². The summed E-state index contributed by atoms with van der Waals surface area (Å²) >= 11 is 0. The first kappa shape index (κ1) is 12.1. The van der Waals surface area contributed by atoms with Crippen LogP contribution in [0.15, 0.2) is 66.7 Å². The first-order valence-electron chi connectivity index (χ1n) is 5.82. The van der Waals surface area contributed by atoms with E-state index in [1.165, 1.54) is 0 Å². The predicted molar refractivity (Wildman–Crippen MR) is 72.2 cm³/mol. The molecule has 2 aromatic rings. The Morgan fingerprint density at radius 3 is 2.22 bits per heavy atom. The molecule has 0 aliphatic heterocycles. The molecule has 0 N–H and O–H groups in total. The van der Waals surface area contributed by atoms with E-state index in [1.807, 2.05) is 54.6 Å². The molecule has 0 atom stereocenters. The summed E-state index contributed by atoms with van der Waals surface area (Å²) in [5.41, 5.74) is 1.07. The van der Waals surface area contributed by atoms with E-state index in [-0.39, 0.29) is 12.4 Å². The maximum Gasteiger partial charge on any atom is 0.315 e. The van der Waals surface area contributed by atoms with Crippen molar-refractivity contribution >= 4 is 12.0 Å². The van der Waals surface area contributed by atoms with Gasteiger partial charge in [0.05, 0.1) is 6.42 Å². The second-order valence-electron chi connectivity index (χ2n) is 3.80. The molecule has 2 nitrogen and oxygen atoms in total. The molecule has 0 radical (unpaired) electrons. The van der Waals surface area contributed by atoms with Crippen molar-refractivity contribution in [3.05, 3.63) is 72.3 Å². The molecule has 0 unspecified atom stereocenters. The Morgan fingerprint density at radius 1 is 0.944 bits per heavy atom. The van der Waals surface area contributed by atoms with Crippen molar-refractivity contribution in [2.24, 2.45) is 0 Å². The molecule has 0 spiro atoms. The van der Waals surface area contributed by atoms with Crippen LogP contribution in [0.3, 0.4) is 0 Å². The summed E-state index contributed by atoms with van der Waals surface area (Å²) in [4.78, 5) is 11.5. The minimum Gasteiger partial charge on any atom is -0.426 e. The van der Waals surface area contributed by atoms with E-state index in [1.54, 1.807) is 18.2 Å². The van der Waals surface area contributed by atoms with Gasteiger partial charge in [0.2, 0.25) is 0 Å². The van der Waals surface area contributed by atoms with Gasteiger partial charge in [-0.25, -0.2) is 0 Å². The van der Waals surface area contributed by atoms with Crippen molar-refractivity contribution in [3.63, 3.8) is 0 Å². The van der Waals surface area contributed by atoms with Crippen LogP contribution in [0.25, 0.3) is 6.08 Å². The van der Waals surface area contributed by atoms with Crippen LogP contribution in [-0.4, -0.2) is 5.97 Å². The number of hydrogen-bond acceptors (Lipinski definition) is 2. The molecular formula is C16H14O2. The Kier molecular flexibility index (Phi) is 4.31. The van der Waals surface area contributed by atoms with Gasteiger partial charge < -0.3 is 4.74 Å². The molecule has 0 aliphatic carbocycles. The topological polar surface area (TPSA) is 26.3 Å². The van der Waals surface area contributed by atoms with E-state index in [4.69, 9.17) is 4.74 Å². The summed E-state index contributed by atoms with van der Waals surface area (Å²) < 4.78 is 5.16. The van der Waals surface area contributed by atoms with Gasteiger partial charge >= 0.3 is 5.97 Å². The molecule has 0 aliphatic rings. The van der Waals surface area contributed by atoms with Gasteiger partial charge in [-0.2, -0.15) is 0 Å². The minimum atomic E-state index is -0.256. The lowest BCUT2D eigenvalue weighted by molar-refractivity contribution is -0.133. The van der Waals surface area contributed by atoms with E-state index in [0.29, 0.717) is 5.75 Å². The van der Waals surface area contributed by atoms with Crippen LogP contribution >= 0.6 is 0 Å². The number of esters is 1. The highest BCUT2D eigenvalue weighted by molar-refractivity contribution is 5.75. The lowest BCUT2D eigenvalue weighted by Gasteiger charge is -2.01. The number of ether oxygens (including phenoxy) is 1. The van der Waals surface area contributed by atoms with Crippen molar-refractivity contribution in [2.75, 3.05) is 0 Å². The van der Waals surface area contributed by atoms with Crippen LogP contribution in [0.4, 0.5) is 0 Å². The number of carbonyl (C=O) groups excluding carboxylic acids is 1. The Hall–Kier alpha value is -2.35. The summed E-state index contributed by atoms with van der Waals surface area (Å²) in [5.74, 6) is 0.323. The molecule has 0 aromatic heterocycles. The highest BCUT2D eigenvalue weighted by atomic mass is 16.5. The minimum absolute atomic E-state index is 0.256. The second-order valence-corrected chi connectivity index (χ2v) is 3.80. The molecule has 0 saturated carbocycles. The zero-order valence-corrected chi connectivity index (χ0v) is 9.95. The van der Waals surface area contributed by atoms with Crippen molar-refractivity contribution in [2.45, 2.75) is 6.42 Å². The second kappa shape index (κ2) is 6.40. The molecule has 0 heterocycles. The van der Waals surface area contributed by atoms with Crippen molar-refractivity contribution in [3.8, 4) is 5.75 Å².